The molecule has 0 aliphatic heterocycles. The van der Waals surface area contributed by atoms with E-state index in [1.165, 1.54) is 18.4 Å². The molecule has 2 rings (SSSR count). The third-order valence-corrected chi connectivity index (χ3v) is 2.48. The van der Waals surface area contributed by atoms with E-state index in [2.05, 4.69) is 18.6 Å². The van der Waals surface area contributed by atoms with Gasteiger partial charge in [0.15, 0.2) is 0 Å². The molecule has 1 heteroatoms. The normalized spacial score (nSPS) is 17.1. The molecular weight excluding hydrogens is 148 g/mol. The summed E-state index contributed by atoms with van der Waals surface area (Å²) in [6.07, 6.45) is 4.73. The maximum atomic E-state index is 5.29. The average Bonchev–Trinajstić information content (AvgIpc) is 2.02. The van der Waals surface area contributed by atoms with E-state index in [-0.39, 0.29) is 0 Å². The predicted molar refractivity (Wildman–Crippen MR) is 49.3 cm³/mol. The fraction of sp³-hybridized carbons (Fsp3) is 0.364. The van der Waals surface area contributed by atoms with Crippen molar-refractivity contribution in [3.63, 3.8) is 0 Å². The average molecular weight is 161 g/mol. The molecule has 1 fully saturated rings. The SMILES string of the molecule is COc1ccccc1C1C[CH]C1. The molecule has 0 saturated heterocycles. The minimum Gasteiger partial charge on any atom is -0.496 e. The fourth-order valence-corrected chi connectivity index (χ4v) is 1.59. The van der Waals surface area contributed by atoms with Crippen LogP contribution in [0.1, 0.15) is 24.3 Å². The number of ether oxygens (including phenoxy) is 1. The molecule has 0 heterocycles. The predicted octanol–water partition coefficient (Wildman–Crippen LogP) is 2.78. The van der Waals surface area contributed by atoms with Gasteiger partial charge in [-0.1, -0.05) is 18.2 Å². The number of hydrogen-bond acceptors (Lipinski definition) is 1. The molecule has 0 aromatic heterocycles. The van der Waals surface area contributed by atoms with Crippen LogP contribution in [0.4, 0.5) is 0 Å². The van der Waals surface area contributed by atoms with E-state index in [9.17, 15) is 0 Å². The molecule has 1 aliphatic rings. The first-order chi connectivity index (χ1) is 5.92. The van der Waals surface area contributed by atoms with Gasteiger partial charge in [0.1, 0.15) is 5.75 Å². The largest absolute Gasteiger partial charge is 0.496 e. The Bertz CT molecular complexity index is 263. The van der Waals surface area contributed by atoms with Crippen LogP contribution < -0.4 is 4.74 Å². The Morgan fingerprint density at radius 1 is 1.25 bits per heavy atom. The van der Waals surface area contributed by atoms with Gasteiger partial charge in [0.25, 0.3) is 0 Å². The molecule has 0 bridgehead atoms. The van der Waals surface area contributed by atoms with E-state index in [4.69, 9.17) is 4.74 Å². The van der Waals surface area contributed by atoms with Gasteiger partial charge in [-0.3, -0.25) is 0 Å². The molecule has 0 atom stereocenters. The van der Waals surface area contributed by atoms with Crippen molar-refractivity contribution in [2.75, 3.05) is 7.11 Å². The second kappa shape index (κ2) is 3.18. The summed E-state index contributed by atoms with van der Waals surface area (Å²) in [7, 11) is 1.74. The molecule has 1 radical (unpaired) electrons. The van der Waals surface area contributed by atoms with E-state index in [0.29, 0.717) is 5.92 Å². The first-order valence-corrected chi connectivity index (χ1v) is 4.36. The van der Waals surface area contributed by atoms with Crippen molar-refractivity contribution >= 4 is 0 Å². The van der Waals surface area contributed by atoms with Crippen molar-refractivity contribution < 1.29 is 4.74 Å². The molecule has 0 N–H and O–H groups in total. The fourth-order valence-electron chi connectivity index (χ4n) is 1.59. The summed E-state index contributed by atoms with van der Waals surface area (Å²) < 4.78 is 5.29. The lowest BCUT2D eigenvalue weighted by Gasteiger charge is -2.26. The van der Waals surface area contributed by atoms with Gasteiger partial charge < -0.3 is 4.74 Å². The van der Waals surface area contributed by atoms with Gasteiger partial charge >= 0.3 is 0 Å². The molecule has 0 unspecified atom stereocenters. The number of para-hydroxylation sites is 1. The van der Waals surface area contributed by atoms with E-state index in [1.807, 2.05) is 12.1 Å². The summed E-state index contributed by atoms with van der Waals surface area (Å²) in [5, 5.41) is 0. The van der Waals surface area contributed by atoms with E-state index in [1.54, 1.807) is 7.11 Å². The van der Waals surface area contributed by atoms with Crippen LogP contribution in [0.15, 0.2) is 24.3 Å². The number of rotatable bonds is 2. The smallest absolute Gasteiger partial charge is 0.122 e. The Morgan fingerprint density at radius 3 is 2.58 bits per heavy atom. The van der Waals surface area contributed by atoms with Crippen molar-refractivity contribution in [2.45, 2.75) is 18.8 Å². The minimum atomic E-state index is 0.709. The molecule has 1 aliphatic carbocycles. The highest BCUT2D eigenvalue weighted by Crippen LogP contribution is 2.39. The van der Waals surface area contributed by atoms with Gasteiger partial charge in [-0.15, -0.1) is 0 Å². The van der Waals surface area contributed by atoms with Crippen LogP contribution in [0.2, 0.25) is 0 Å². The van der Waals surface area contributed by atoms with Crippen LogP contribution in [0.3, 0.4) is 0 Å². The molecule has 63 valence electrons. The highest BCUT2D eigenvalue weighted by molar-refractivity contribution is 5.38. The van der Waals surface area contributed by atoms with Crippen molar-refractivity contribution in [3.8, 4) is 5.75 Å². The molecular formula is C11H13O. The standard InChI is InChI=1S/C11H13O/c1-12-11-8-3-2-7-10(11)9-5-4-6-9/h2-4,7-9H,5-6H2,1H3. The summed E-state index contributed by atoms with van der Waals surface area (Å²) in [5.74, 6) is 1.75. The van der Waals surface area contributed by atoms with E-state index in [0.717, 1.165) is 5.75 Å². The summed E-state index contributed by atoms with van der Waals surface area (Å²) in [6, 6.07) is 8.30. The Kier molecular flexibility index (Phi) is 2.03. The van der Waals surface area contributed by atoms with E-state index < -0.39 is 0 Å². The van der Waals surface area contributed by atoms with Crippen LogP contribution >= 0.6 is 0 Å². The second-order valence-electron chi connectivity index (χ2n) is 3.20. The molecule has 1 nitrogen and oxygen atoms in total. The zero-order valence-electron chi connectivity index (χ0n) is 7.29. The maximum absolute atomic E-state index is 5.29. The van der Waals surface area contributed by atoms with E-state index >= 15 is 0 Å². The van der Waals surface area contributed by atoms with Gasteiger partial charge in [0.2, 0.25) is 0 Å². The topological polar surface area (TPSA) is 9.23 Å². The lowest BCUT2D eigenvalue weighted by atomic mass is 9.80. The van der Waals surface area contributed by atoms with Crippen molar-refractivity contribution in [3.05, 3.63) is 36.2 Å². The lowest BCUT2D eigenvalue weighted by Crippen LogP contribution is -2.10. The Morgan fingerprint density at radius 2 is 2.00 bits per heavy atom. The Labute approximate surface area is 73.4 Å². The van der Waals surface area contributed by atoms with Crippen molar-refractivity contribution in [2.24, 2.45) is 0 Å². The van der Waals surface area contributed by atoms with Crippen LogP contribution in [0, 0.1) is 6.42 Å². The lowest BCUT2D eigenvalue weighted by molar-refractivity contribution is 0.398. The second-order valence-corrected chi connectivity index (χ2v) is 3.20. The minimum absolute atomic E-state index is 0.709. The van der Waals surface area contributed by atoms with Gasteiger partial charge in [0.05, 0.1) is 7.11 Å². The Hall–Kier alpha value is -0.980. The van der Waals surface area contributed by atoms with Crippen molar-refractivity contribution in [1.29, 1.82) is 0 Å². The van der Waals surface area contributed by atoms with Crippen LogP contribution in [0.5, 0.6) is 5.75 Å². The summed E-state index contributed by atoms with van der Waals surface area (Å²) in [4.78, 5) is 0. The highest BCUT2D eigenvalue weighted by atomic mass is 16.5. The molecule has 1 aromatic carbocycles. The molecule has 12 heavy (non-hydrogen) atoms. The first kappa shape index (κ1) is 7.66. The van der Waals surface area contributed by atoms with Crippen LogP contribution in [0.25, 0.3) is 0 Å². The third kappa shape index (κ3) is 1.20. The summed E-state index contributed by atoms with van der Waals surface area (Å²) in [6.45, 7) is 0. The van der Waals surface area contributed by atoms with Crippen LogP contribution in [-0.2, 0) is 0 Å². The Balaban J connectivity index is 2.27. The quantitative estimate of drug-likeness (QED) is 0.648. The number of benzene rings is 1. The molecule has 0 spiro atoms. The van der Waals surface area contributed by atoms with Gasteiger partial charge in [-0.2, -0.15) is 0 Å². The number of hydrogen-bond donors (Lipinski definition) is 0. The van der Waals surface area contributed by atoms with Gasteiger partial charge in [-0.05, 0) is 36.8 Å². The molecule has 0 amide bonds. The zero-order chi connectivity index (χ0) is 8.39. The van der Waals surface area contributed by atoms with Crippen LogP contribution in [-0.4, -0.2) is 7.11 Å². The van der Waals surface area contributed by atoms with Gasteiger partial charge in [0, 0.05) is 0 Å². The maximum Gasteiger partial charge on any atom is 0.122 e. The zero-order valence-corrected chi connectivity index (χ0v) is 7.29. The first-order valence-electron chi connectivity index (χ1n) is 4.36. The molecule has 1 aromatic rings. The summed E-state index contributed by atoms with van der Waals surface area (Å²) >= 11 is 0. The van der Waals surface area contributed by atoms with Gasteiger partial charge in [-0.25, -0.2) is 0 Å². The molecule has 1 saturated carbocycles. The summed E-state index contributed by atoms with van der Waals surface area (Å²) in [5.41, 5.74) is 1.36. The highest BCUT2D eigenvalue weighted by Gasteiger charge is 2.22. The third-order valence-electron chi connectivity index (χ3n) is 2.48. The van der Waals surface area contributed by atoms with Crippen molar-refractivity contribution in [1.82, 2.24) is 0 Å². The monoisotopic (exact) mass is 161 g/mol. The number of methoxy groups -OCH3 is 1.